The standard InChI is InChI=1S/C21H15N5O3/c27-21(25-24-14-8-10-15(11-9-14)26(28)29)17-13-20(19-7-3-4-12-22-19)23-18-6-2-1-5-16(17)18/h1-13,24H,(H,25,27). The van der Waals surface area contributed by atoms with E-state index in [1.165, 1.54) is 24.3 Å². The number of fused-ring (bicyclic) bond motifs is 1. The lowest BCUT2D eigenvalue weighted by Crippen LogP contribution is -2.29. The van der Waals surface area contributed by atoms with E-state index in [-0.39, 0.29) is 11.6 Å². The first-order valence-electron chi connectivity index (χ1n) is 8.74. The first kappa shape index (κ1) is 18.1. The molecule has 0 aliphatic heterocycles. The highest BCUT2D eigenvalue weighted by Gasteiger charge is 2.14. The number of benzene rings is 2. The normalized spacial score (nSPS) is 10.5. The number of anilines is 1. The largest absolute Gasteiger partial charge is 0.298 e. The van der Waals surface area contributed by atoms with Crippen molar-refractivity contribution >= 4 is 28.2 Å². The highest BCUT2D eigenvalue weighted by molar-refractivity contribution is 6.07. The molecule has 0 unspecified atom stereocenters. The van der Waals surface area contributed by atoms with E-state index in [1.54, 1.807) is 12.3 Å². The van der Waals surface area contributed by atoms with Gasteiger partial charge in [-0.3, -0.25) is 30.7 Å². The molecule has 8 nitrogen and oxygen atoms in total. The Balaban J connectivity index is 1.63. The SMILES string of the molecule is O=C(NNc1ccc([N+](=O)[O-])cc1)c1cc(-c2ccccn2)nc2ccccc12. The molecule has 4 rings (SSSR count). The van der Waals surface area contributed by atoms with Crippen LogP contribution < -0.4 is 10.9 Å². The number of nitrogens with one attached hydrogen (secondary N) is 2. The molecule has 0 radical (unpaired) electrons. The quantitative estimate of drug-likeness (QED) is 0.397. The number of hydrazine groups is 1. The maximum atomic E-state index is 12.9. The molecule has 2 N–H and O–H groups in total. The highest BCUT2D eigenvalue weighted by Crippen LogP contribution is 2.23. The molecular weight excluding hydrogens is 370 g/mol. The lowest BCUT2D eigenvalue weighted by molar-refractivity contribution is -0.384. The van der Waals surface area contributed by atoms with Gasteiger partial charge in [0.25, 0.3) is 11.6 Å². The summed E-state index contributed by atoms with van der Waals surface area (Å²) in [5, 5.41) is 11.4. The number of hydrogen-bond acceptors (Lipinski definition) is 6. The van der Waals surface area contributed by atoms with E-state index in [4.69, 9.17) is 0 Å². The van der Waals surface area contributed by atoms with Crippen molar-refractivity contribution in [3.8, 4) is 11.4 Å². The Morgan fingerprint density at radius 1 is 0.931 bits per heavy atom. The van der Waals surface area contributed by atoms with Crippen LogP contribution in [0.25, 0.3) is 22.3 Å². The molecule has 2 heterocycles. The van der Waals surface area contributed by atoms with Crippen LogP contribution in [-0.2, 0) is 0 Å². The summed E-state index contributed by atoms with van der Waals surface area (Å²) < 4.78 is 0. The van der Waals surface area contributed by atoms with Crippen LogP contribution in [0.5, 0.6) is 0 Å². The van der Waals surface area contributed by atoms with Crippen molar-refractivity contribution in [2.45, 2.75) is 0 Å². The summed E-state index contributed by atoms with van der Waals surface area (Å²) in [6.07, 6.45) is 1.67. The predicted octanol–water partition coefficient (Wildman–Crippen LogP) is 3.96. The first-order valence-corrected chi connectivity index (χ1v) is 8.74. The second kappa shape index (κ2) is 7.73. The summed E-state index contributed by atoms with van der Waals surface area (Å²) in [5.41, 5.74) is 8.26. The third-order valence-corrected chi connectivity index (χ3v) is 4.29. The number of pyridine rings is 2. The third-order valence-electron chi connectivity index (χ3n) is 4.29. The number of para-hydroxylation sites is 1. The smallest absolute Gasteiger partial charge is 0.270 e. The molecule has 0 saturated carbocycles. The van der Waals surface area contributed by atoms with Gasteiger partial charge in [-0.1, -0.05) is 24.3 Å². The van der Waals surface area contributed by atoms with E-state index in [2.05, 4.69) is 20.8 Å². The molecule has 0 atom stereocenters. The fourth-order valence-electron chi connectivity index (χ4n) is 2.87. The first-order chi connectivity index (χ1) is 14.1. The maximum Gasteiger partial charge on any atom is 0.270 e. The van der Waals surface area contributed by atoms with Crippen molar-refractivity contribution in [1.29, 1.82) is 0 Å². The Morgan fingerprint density at radius 3 is 2.41 bits per heavy atom. The Labute approximate surface area is 165 Å². The number of non-ortho nitro benzene ring substituents is 1. The second-order valence-corrected chi connectivity index (χ2v) is 6.17. The van der Waals surface area contributed by atoms with Crippen molar-refractivity contribution in [3.63, 3.8) is 0 Å². The molecule has 0 aliphatic carbocycles. The van der Waals surface area contributed by atoms with Crippen molar-refractivity contribution in [3.05, 3.63) is 94.7 Å². The van der Waals surface area contributed by atoms with Crippen LogP contribution in [0, 0.1) is 10.1 Å². The van der Waals surface area contributed by atoms with Crippen molar-refractivity contribution in [2.24, 2.45) is 0 Å². The van der Waals surface area contributed by atoms with Crippen LogP contribution in [0.4, 0.5) is 11.4 Å². The third kappa shape index (κ3) is 3.86. The van der Waals surface area contributed by atoms with Crippen LogP contribution >= 0.6 is 0 Å². The number of carbonyl (C=O) groups excluding carboxylic acids is 1. The molecular formula is C21H15N5O3. The average molecular weight is 385 g/mol. The van der Waals surface area contributed by atoms with E-state index in [0.717, 1.165) is 0 Å². The van der Waals surface area contributed by atoms with Gasteiger partial charge in [0, 0.05) is 23.7 Å². The molecule has 8 heteroatoms. The van der Waals surface area contributed by atoms with Gasteiger partial charge in [-0.25, -0.2) is 4.98 Å². The molecule has 0 aliphatic rings. The minimum atomic E-state index is -0.482. The number of nitro groups is 1. The van der Waals surface area contributed by atoms with Gasteiger partial charge in [-0.2, -0.15) is 0 Å². The second-order valence-electron chi connectivity index (χ2n) is 6.17. The molecule has 142 valence electrons. The van der Waals surface area contributed by atoms with Crippen molar-refractivity contribution < 1.29 is 9.72 Å². The van der Waals surface area contributed by atoms with E-state index >= 15 is 0 Å². The maximum absolute atomic E-state index is 12.9. The fraction of sp³-hybridized carbons (Fsp3) is 0. The Hall–Kier alpha value is -4.33. The van der Waals surface area contributed by atoms with Gasteiger partial charge in [-0.05, 0) is 36.4 Å². The number of carbonyl (C=O) groups is 1. The van der Waals surface area contributed by atoms with Gasteiger partial charge in [-0.15, -0.1) is 0 Å². The van der Waals surface area contributed by atoms with Crippen LogP contribution in [0.2, 0.25) is 0 Å². The van der Waals surface area contributed by atoms with Crippen molar-refractivity contribution in [1.82, 2.24) is 15.4 Å². The summed E-state index contributed by atoms with van der Waals surface area (Å²) in [5.74, 6) is -0.362. The van der Waals surface area contributed by atoms with Gasteiger partial charge in [0.15, 0.2) is 0 Å². The van der Waals surface area contributed by atoms with Crippen LogP contribution in [0.15, 0.2) is 79.0 Å². The number of rotatable bonds is 5. The minimum Gasteiger partial charge on any atom is -0.298 e. The lowest BCUT2D eigenvalue weighted by Gasteiger charge is -2.12. The summed E-state index contributed by atoms with van der Waals surface area (Å²) in [4.78, 5) is 32.0. The van der Waals surface area contributed by atoms with Crippen LogP contribution in [0.3, 0.4) is 0 Å². The Morgan fingerprint density at radius 2 is 1.69 bits per heavy atom. The molecule has 1 amide bonds. The van der Waals surface area contributed by atoms with E-state index in [1.807, 2.05) is 42.5 Å². The zero-order chi connectivity index (χ0) is 20.2. The minimum absolute atomic E-state index is 0.0259. The van der Waals surface area contributed by atoms with E-state index in [0.29, 0.717) is 33.5 Å². The number of hydrogen-bond donors (Lipinski definition) is 2. The monoisotopic (exact) mass is 385 g/mol. The Bertz CT molecular complexity index is 1190. The molecule has 2 aromatic heterocycles. The predicted molar refractivity (Wildman–Crippen MR) is 109 cm³/mol. The summed E-state index contributed by atoms with van der Waals surface area (Å²) in [6.45, 7) is 0. The van der Waals surface area contributed by atoms with Gasteiger partial charge < -0.3 is 0 Å². The number of nitro benzene ring substituents is 1. The Kier molecular flexibility index (Phi) is 4.81. The molecule has 0 bridgehead atoms. The molecule has 0 fully saturated rings. The van der Waals surface area contributed by atoms with Gasteiger partial charge in [0.1, 0.15) is 0 Å². The summed E-state index contributed by atoms with van der Waals surface area (Å²) in [6, 6.07) is 20.3. The van der Waals surface area contributed by atoms with Crippen LogP contribution in [-0.4, -0.2) is 20.8 Å². The molecule has 4 aromatic rings. The lowest BCUT2D eigenvalue weighted by atomic mass is 10.1. The van der Waals surface area contributed by atoms with Crippen LogP contribution in [0.1, 0.15) is 10.4 Å². The zero-order valence-electron chi connectivity index (χ0n) is 15.1. The topological polar surface area (TPSA) is 110 Å². The molecule has 2 aromatic carbocycles. The summed E-state index contributed by atoms with van der Waals surface area (Å²) in [7, 11) is 0. The molecule has 0 spiro atoms. The zero-order valence-corrected chi connectivity index (χ0v) is 15.1. The van der Waals surface area contributed by atoms with Gasteiger partial charge in [0.2, 0.25) is 0 Å². The van der Waals surface area contributed by atoms with E-state index in [9.17, 15) is 14.9 Å². The van der Waals surface area contributed by atoms with Gasteiger partial charge in [0.05, 0.1) is 33.1 Å². The van der Waals surface area contributed by atoms with E-state index < -0.39 is 4.92 Å². The van der Waals surface area contributed by atoms with Gasteiger partial charge >= 0.3 is 0 Å². The summed E-state index contributed by atoms with van der Waals surface area (Å²) >= 11 is 0. The number of aromatic nitrogens is 2. The molecule has 29 heavy (non-hydrogen) atoms. The highest BCUT2D eigenvalue weighted by atomic mass is 16.6. The fourth-order valence-corrected chi connectivity index (χ4v) is 2.87. The van der Waals surface area contributed by atoms with Crippen molar-refractivity contribution in [2.75, 3.05) is 5.43 Å². The number of amides is 1. The average Bonchev–Trinajstić information content (AvgIpc) is 2.77. The number of nitrogens with zero attached hydrogens (tertiary/aromatic N) is 3. The molecule has 0 saturated heterocycles.